The van der Waals surface area contributed by atoms with Gasteiger partial charge in [0.2, 0.25) is 0 Å². The van der Waals surface area contributed by atoms with Gasteiger partial charge in [0.25, 0.3) is 0 Å². The van der Waals surface area contributed by atoms with Crippen LogP contribution in [0.5, 0.6) is 5.75 Å². The highest BCUT2D eigenvalue weighted by atomic mass is 32.1. The van der Waals surface area contributed by atoms with Gasteiger partial charge in [0.1, 0.15) is 36.7 Å². The Morgan fingerprint density at radius 2 is 1.67 bits per heavy atom. The van der Waals surface area contributed by atoms with Gasteiger partial charge in [-0.2, -0.15) is 15.8 Å². The van der Waals surface area contributed by atoms with Gasteiger partial charge in [0, 0.05) is 40.2 Å². The Kier molecular flexibility index (Phi) is 12.9. The summed E-state index contributed by atoms with van der Waals surface area (Å²) < 4.78 is 16.8. The minimum atomic E-state index is -0.235. The lowest BCUT2D eigenvalue weighted by Gasteiger charge is -2.25. The van der Waals surface area contributed by atoms with Gasteiger partial charge in [-0.3, -0.25) is 0 Å². The summed E-state index contributed by atoms with van der Waals surface area (Å²) in [4.78, 5) is 4.52. The molecule has 0 saturated carbocycles. The predicted octanol–water partition coefficient (Wildman–Crippen LogP) is 7.90. The van der Waals surface area contributed by atoms with Crippen LogP contribution in [0.25, 0.3) is 18.2 Å². The van der Waals surface area contributed by atoms with Crippen LogP contribution in [0.2, 0.25) is 0 Å². The smallest absolute Gasteiger partial charge is 0.172 e. The topological polar surface area (TPSA) is 106 Å². The SMILES string of the molecule is CCCCN(CCCC)c1ccc(/C=C/c2ccc(/C=C/C(C)=C(\C#N)C(OC)=C(C#N)C#N)s2)c(OCC2CO2)c1. The Morgan fingerprint density at radius 1 is 1.00 bits per heavy atom. The van der Waals surface area contributed by atoms with E-state index in [0.717, 1.165) is 66.4 Å². The van der Waals surface area contributed by atoms with Crippen LogP contribution in [0, 0.1) is 34.0 Å². The minimum absolute atomic E-state index is 0.0180. The Labute approximate surface area is 253 Å². The molecule has 1 aromatic heterocycles. The van der Waals surface area contributed by atoms with Crippen LogP contribution in [0.1, 0.15) is 61.8 Å². The van der Waals surface area contributed by atoms with Gasteiger partial charge in [-0.15, -0.1) is 11.3 Å². The van der Waals surface area contributed by atoms with Gasteiger partial charge in [-0.05, 0) is 67.8 Å². The zero-order valence-corrected chi connectivity index (χ0v) is 25.7. The second kappa shape index (κ2) is 16.8. The molecular weight excluding hydrogens is 544 g/mol. The lowest BCUT2D eigenvalue weighted by Crippen LogP contribution is -2.25. The molecule has 3 rings (SSSR count). The average Bonchev–Trinajstić information content (AvgIpc) is 3.74. The lowest BCUT2D eigenvalue weighted by molar-refractivity contribution is 0.262. The van der Waals surface area contributed by atoms with E-state index in [4.69, 9.17) is 14.2 Å². The number of thiophene rings is 1. The third-order valence-corrected chi connectivity index (χ3v) is 7.73. The van der Waals surface area contributed by atoms with Gasteiger partial charge < -0.3 is 19.1 Å². The van der Waals surface area contributed by atoms with Gasteiger partial charge in [0.05, 0.1) is 19.3 Å². The molecule has 0 spiro atoms. The standard InChI is InChI=1S/C34H38N4O3S/c1-5-7-17-38(18-8-6-2)28-12-10-26(33(19-28)41-24-29-23-40-29)11-14-31-16-15-30(42-31)13-9-25(3)32(22-37)34(39-4)27(20-35)21-36/h9-16,19,29H,5-8,17-18,23-24H2,1-4H3/b13-9+,14-11+,32-25+. The van der Waals surface area contributed by atoms with E-state index in [9.17, 15) is 15.8 Å². The van der Waals surface area contributed by atoms with Crippen molar-refractivity contribution in [1.29, 1.82) is 15.8 Å². The van der Waals surface area contributed by atoms with E-state index in [1.54, 1.807) is 36.5 Å². The first-order valence-corrected chi connectivity index (χ1v) is 15.1. The summed E-state index contributed by atoms with van der Waals surface area (Å²) in [6, 6.07) is 16.1. The average molecular weight is 583 g/mol. The largest absolute Gasteiger partial charge is 0.493 e. The van der Waals surface area contributed by atoms with E-state index in [0.29, 0.717) is 12.2 Å². The normalized spacial score (nSPS) is 14.5. The van der Waals surface area contributed by atoms with Crippen LogP contribution in [-0.4, -0.2) is 39.5 Å². The molecule has 7 nitrogen and oxygen atoms in total. The van der Waals surface area contributed by atoms with Crippen LogP contribution in [0.4, 0.5) is 5.69 Å². The van der Waals surface area contributed by atoms with Gasteiger partial charge in [0.15, 0.2) is 11.3 Å². The third-order valence-electron chi connectivity index (χ3n) is 6.71. The zero-order chi connectivity index (χ0) is 30.3. The van der Waals surface area contributed by atoms with E-state index >= 15 is 0 Å². The molecule has 218 valence electrons. The fraction of sp³-hybridized carbons (Fsp3) is 0.382. The van der Waals surface area contributed by atoms with Crippen molar-refractivity contribution in [2.45, 2.75) is 52.6 Å². The molecule has 8 heteroatoms. The first-order chi connectivity index (χ1) is 20.5. The minimum Gasteiger partial charge on any atom is -0.493 e. The Bertz CT molecular complexity index is 1430. The summed E-state index contributed by atoms with van der Waals surface area (Å²) in [6.07, 6.45) is 12.7. The molecule has 42 heavy (non-hydrogen) atoms. The summed E-state index contributed by atoms with van der Waals surface area (Å²) in [5, 5.41) is 28.0. The summed E-state index contributed by atoms with van der Waals surface area (Å²) in [7, 11) is 1.34. The number of benzene rings is 1. The van der Waals surface area contributed by atoms with E-state index in [1.165, 1.54) is 12.8 Å². The number of unbranched alkanes of at least 4 members (excludes halogenated alkanes) is 2. The fourth-order valence-electron chi connectivity index (χ4n) is 4.18. The van der Waals surface area contributed by atoms with Gasteiger partial charge >= 0.3 is 0 Å². The molecule has 2 aromatic rings. The maximum Gasteiger partial charge on any atom is 0.172 e. The molecule has 0 aliphatic carbocycles. The maximum absolute atomic E-state index is 9.63. The third kappa shape index (κ3) is 9.38. The first-order valence-electron chi connectivity index (χ1n) is 14.3. The number of ether oxygens (including phenoxy) is 3. The van der Waals surface area contributed by atoms with Crippen molar-refractivity contribution in [2.24, 2.45) is 0 Å². The molecule has 0 radical (unpaired) electrons. The molecule has 2 heterocycles. The molecule has 0 N–H and O–H groups in total. The molecule has 1 aliphatic heterocycles. The van der Waals surface area contributed by atoms with Crippen LogP contribution in [0.15, 0.2) is 58.9 Å². The van der Waals surface area contributed by atoms with Gasteiger partial charge in [-0.25, -0.2) is 0 Å². The molecule has 1 atom stereocenters. The number of hydrogen-bond acceptors (Lipinski definition) is 8. The van der Waals surface area contributed by atoms with E-state index in [1.807, 2.05) is 18.2 Å². The number of hydrogen-bond donors (Lipinski definition) is 0. The molecule has 0 bridgehead atoms. The van der Waals surface area contributed by atoms with Crippen molar-refractivity contribution in [3.8, 4) is 24.0 Å². The molecule has 1 unspecified atom stereocenters. The van der Waals surface area contributed by atoms with Crippen LogP contribution < -0.4 is 9.64 Å². The molecule has 1 saturated heterocycles. The molecule has 0 amide bonds. The van der Waals surface area contributed by atoms with Crippen LogP contribution in [-0.2, 0) is 9.47 Å². The highest BCUT2D eigenvalue weighted by molar-refractivity contribution is 7.13. The van der Waals surface area contributed by atoms with Crippen molar-refractivity contribution in [2.75, 3.05) is 38.3 Å². The summed E-state index contributed by atoms with van der Waals surface area (Å²) in [6.45, 7) is 9.56. The number of allylic oxidation sites excluding steroid dienone is 4. The van der Waals surface area contributed by atoms with Gasteiger partial charge in [-0.1, -0.05) is 32.8 Å². The highest BCUT2D eigenvalue weighted by Gasteiger charge is 2.23. The quantitative estimate of drug-likeness (QED) is 0.0857. The number of nitriles is 3. The summed E-state index contributed by atoms with van der Waals surface area (Å²) >= 11 is 1.61. The van der Waals surface area contributed by atoms with Crippen LogP contribution in [0.3, 0.4) is 0 Å². The molecule has 1 fully saturated rings. The lowest BCUT2D eigenvalue weighted by atomic mass is 10.0. The number of epoxide rings is 1. The van der Waals surface area contributed by atoms with E-state index in [-0.39, 0.29) is 23.0 Å². The van der Waals surface area contributed by atoms with Crippen molar-refractivity contribution in [3.05, 3.63) is 74.2 Å². The Morgan fingerprint density at radius 3 is 2.24 bits per heavy atom. The van der Waals surface area contributed by atoms with Crippen molar-refractivity contribution < 1.29 is 14.2 Å². The summed E-state index contributed by atoms with van der Waals surface area (Å²) in [5.74, 6) is 0.838. The second-order valence-electron chi connectivity index (χ2n) is 9.89. The molecule has 1 aromatic carbocycles. The number of anilines is 1. The van der Waals surface area contributed by atoms with Crippen molar-refractivity contribution >= 4 is 35.3 Å². The van der Waals surface area contributed by atoms with Crippen molar-refractivity contribution in [3.63, 3.8) is 0 Å². The predicted molar refractivity (Wildman–Crippen MR) is 170 cm³/mol. The van der Waals surface area contributed by atoms with E-state index in [2.05, 4.69) is 55.2 Å². The van der Waals surface area contributed by atoms with E-state index < -0.39 is 0 Å². The number of nitrogens with zero attached hydrogens (tertiary/aromatic N) is 4. The fourth-order valence-corrected chi connectivity index (χ4v) is 5.00. The van der Waals surface area contributed by atoms with Crippen molar-refractivity contribution in [1.82, 2.24) is 0 Å². The second-order valence-corrected chi connectivity index (χ2v) is 11.0. The number of rotatable bonds is 16. The molecule has 1 aliphatic rings. The molecular formula is C34H38N4O3S. The highest BCUT2D eigenvalue weighted by Crippen LogP contribution is 2.30. The Balaban J connectivity index is 1.82. The first kappa shape index (κ1) is 32.2. The van der Waals surface area contributed by atoms with Crippen LogP contribution >= 0.6 is 11.3 Å². The zero-order valence-electron chi connectivity index (χ0n) is 24.9. The summed E-state index contributed by atoms with van der Waals surface area (Å²) in [5.41, 5.74) is 2.71. The maximum atomic E-state index is 9.63. The number of methoxy groups -OCH3 is 1. The monoisotopic (exact) mass is 582 g/mol. The Hall–Kier alpha value is -4.29.